The molecule has 1 aliphatic carbocycles. The van der Waals surface area contributed by atoms with Crippen LogP contribution >= 0.6 is 0 Å². The van der Waals surface area contributed by atoms with Gasteiger partial charge >= 0.3 is 0 Å². The molecule has 6 nitrogen and oxygen atoms in total. The minimum atomic E-state index is -0.429. The van der Waals surface area contributed by atoms with Crippen LogP contribution in [0.4, 0.5) is 0 Å². The van der Waals surface area contributed by atoms with Crippen LogP contribution in [0.2, 0.25) is 0 Å². The van der Waals surface area contributed by atoms with Gasteiger partial charge in [0.15, 0.2) is 5.78 Å². The number of Topliss-reactive ketones (excluding diaryl/α,β-unsaturated/α-hetero) is 1. The Morgan fingerprint density at radius 3 is 2.74 bits per heavy atom. The number of aromatic nitrogens is 1. The average molecular weight is 367 g/mol. The lowest BCUT2D eigenvalue weighted by Crippen LogP contribution is -2.33. The molecule has 0 atom stereocenters. The van der Waals surface area contributed by atoms with Gasteiger partial charge in [0, 0.05) is 30.8 Å². The van der Waals surface area contributed by atoms with Gasteiger partial charge in [-0.15, -0.1) is 0 Å². The highest BCUT2D eigenvalue weighted by Crippen LogP contribution is 2.18. The van der Waals surface area contributed by atoms with Crippen molar-refractivity contribution in [3.05, 3.63) is 69.1 Å². The van der Waals surface area contributed by atoms with Crippen molar-refractivity contribution in [3.63, 3.8) is 0 Å². The minimum Gasteiger partial charge on any atom is -0.352 e. The van der Waals surface area contributed by atoms with Gasteiger partial charge < -0.3 is 15.2 Å². The Morgan fingerprint density at radius 2 is 1.96 bits per heavy atom. The van der Waals surface area contributed by atoms with Gasteiger partial charge in [-0.25, -0.2) is 0 Å². The van der Waals surface area contributed by atoms with Crippen LogP contribution in [0.1, 0.15) is 51.2 Å². The summed E-state index contributed by atoms with van der Waals surface area (Å²) in [6, 6.07) is 11.7. The molecule has 2 aromatic rings. The zero-order chi connectivity index (χ0) is 19.2. The number of aryl methyl sites for hydroxylation is 1. The quantitative estimate of drug-likeness (QED) is 0.735. The average Bonchev–Trinajstić information content (AvgIpc) is 2.65. The molecule has 3 rings (SSSR count). The van der Waals surface area contributed by atoms with Gasteiger partial charge in [0.25, 0.3) is 11.5 Å². The van der Waals surface area contributed by atoms with Gasteiger partial charge in [-0.05, 0) is 44.5 Å². The maximum Gasteiger partial charge on any atom is 0.261 e. The number of ketones is 1. The fourth-order valence-electron chi connectivity index (χ4n) is 3.36. The molecule has 142 valence electrons. The molecule has 1 aromatic heterocycles. The number of H-pyrrole nitrogens is 1. The number of fused-ring (bicyclic) bond motifs is 1. The van der Waals surface area contributed by atoms with E-state index in [9.17, 15) is 14.4 Å². The summed E-state index contributed by atoms with van der Waals surface area (Å²) in [5, 5.41) is 2.78. The predicted octanol–water partition coefficient (Wildman–Crippen LogP) is 2.15. The predicted molar refractivity (Wildman–Crippen MR) is 104 cm³/mol. The van der Waals surface area contributed by atoms with E-state index in [1.165, 1.54) is 11.6 Å². The number of carbonyl (C=O) groups excluding carboxylic acids is 2. The van der Waals surface area contributed by atoms with Crippen molar-refractivity contribution in [2.24, 2.45) is 0 Å². The summed E-state index contributed by atoms with van der Waals surface area (Å²) < 4.78 is 0. The van der Waals surface area contributed by atoms with Crippen molar-refractivity contribution in [2.45, 2.75) is 32.2 Å². The third-order valence-corrected chi connectivity index (χ3v) is 4.80. The first-order valence-electron chi connectivity index (χ1n) is 9.34. The standard InChI is InChI=1S/C21H25N3O3/c1-24(14-15-7-3-2-4-8-15)12-6-11-22-20(26)17-13-16-18(23-21(17)27)9-5-10-19(16)25/h2-4,7-8,13H,5-6,9-12,14H2,1H3,(H,22,26)(H,23,27). The summed E-state index contributed by atoms with van der Waals surface area (Å²) >= 11 is 0. The first-order chi connectivity index (χ1) is 13.0. The van der Waals surface area contributed by atoms with E-state index in [0.29, 0.717) is 30.6 Å². The number of rotatable bonds is 7. The number of carbonyl (C=O) groups is 2. The largest absolute Gasteiger partial charge is 0.352 e. The van der Waals surface area contributed by atoms with Crippen LogP contribution in [-0.2, 0) is 13.0 Å². The van der Waals surface area contributed by atoms with Gasteiger partial charge in [-0.1, -0.05) is 30.3 Å². The Labute approximate surface area is 158 Å². The molecule has 0 radical (unpaired) electrons. The van der Waals surface area contributed by atoms with Gasteiger partial charge in [0.1, 0.15) is 5.56 Å². The summed E-state index contributed by atoms with van der Waals surface area (Å²) in [6.45, 7) is 2.15. The van der Waals surface area contributed by atoms with Crippen LogP contribution in [0.5, 0.6) is 0 Å². The Bertz CT molecular complexity index is 874. The molecule has 1 heterocycles. The summed E-state index contributed by atoms with van der Waals surface area (Å²) in [6.07, 6.45) is 2.65. The topological polar surface area (TPSA) is 82.3 Å². The number of benzene rings is 1. The lowest BCUT2D eigenvalue weighted by atomic mass is 9.93. The number of aromatic amines is 1. The molecule has 0 saturated heterocycles. The summed E-state index contributed by atoms with van der Waals surface area (Å²) in [5.74, 6) is -0.438. The molecular weight excluding hydrogens is 342 g/mol. The van der Waals surface area contributed by atoms with Gasteiger partial charge in [0.05, 0.1) is 0 Å². The third kappa shape index (κ3) is 4.92. The second-order valence-electron chi connectivity index (χ2n) is 7.01. The number of nitrogens with zero attached hydrogens (tertiary/aromatic N) is 1. The zero-order valence-electron chi connectivity index (χ0n) is 15.6. The van der Waals surface area contributed by atoms with Crippen molar-refractivity contribution >= 4 is 11.7 Å². The monoisotopic (exact) mass is 367 g/mol. The Hall–Kier alpha value is -2.73. The highest BCUT2D eigenvalue weighted by molar-refractivity contribution is 6.01. The molecule has 0 aliphatic heterocycles. The van der Waals surface area contributed by atoms with Gasteiger partial charge in [0.2, 0.25) is 0 Å². The number of hydrogen-bond donors (Lipinski definition) is 2. The first kappa shape index (κ1) is 19.0. The van der Waals surface area contributed by atoms with E-state index in [2.05, 4.69) is 27.3 Å². The maximum atomic E-state index is 12.3. The van der Waals surface area contributed by atoms with E-state index in [4.69, 9.17) is 0 Å². The number of pyridine rings is 1. The van der Waals surface area contributed by atoms with Gasteiger partial charge in [-0.2, -0.15) is 0 Å². The van der Waals surface area contributed by atoms with Gasteiger partial charge in [-0.3, -0.25) is 14.4 Å². The Balaban J connectivity index is 1.50. The molecular formula is C21H25N3O3. The van der Waals surface area contributed by atoms with E-state index in [0.717, 1.165) is 25.9 Å². The molecule has 1 aromatic carbocycles. The molecule has 1 aliphatic rings. The number of amides is 1. The normalized spacial score (nSPS) is 13.5. The van der Waals surface area contributed by atoms with Crippen molar-refractivity contribution in [2.75, 3.05) is 20.1 Å². The van der Waals surface area contributed by atoms with E-state index in [1.807, 2.05) is 25.2 Å². The molecule has 0 spiro atoms. The highest BCUT2D eigenvalue weighted by Gasteiger charge is 2.21. The molecule has 0 fully saturated rings. The van der Waals surface area contributed by atoms with Crippen LogP contribution in [0.15, 0.2) is 41.2 Å². The van der Waals surface area contributed by atoms with Crippen LogP contribution < -0.4 is 10.9 Å². The van der Waals surface area contributed by atoms with E-state index < -0.39 is 11.5 Å². The van der Waals surface area contributed by atoms with Crippen molar-refractivity contribution in [1.29, 1.82) is 0 Å². The van der Waals surface area contributed by atoms with Crippen molar-refractivity contribution < 1.29 is 9.59 Å². The second-order valence-corrected chi connectivity index (χ2v) is 7.01. The lowest BCUT2D eigenvalue weighted by Gasteiger charge is -2.17. The second kappa shape index (κ2) is 8.77. The van der Waals surface area contributed by atoms with Crippen molar-refractivity contribution in [1.82, 2.24) is 15.2 Å². The Kier molecular flexibility index (Phi) is 6.19. The SMILES string of the molecule is CN(CCCNC(=O)c1cc2c([nH]c1=O)CCCC2=O)Cc1ccccc1. The molecule has 2 N–H and O–H groups in total. The van der Waals surface area contributed by atoms with E-state index >= 15 is 0 Å². The first-order valence-corrected chi connectivity index (χ1v) is 9.34. The molecule has 0 bridgehead atoms. The highest BCUT2D eigenvalue weighted by atomic mass is 16.2. The molecule has 0 unspecified atom stereocenters. The molecule has 27 heavy (non-hydrogen) atoms. The lowest BCUT2D eigenvalue weighted by molar-refractivity contribution is 0.0950. The summed E-state index contributed by atoms with van der Waals surface area (Å²) in [4.78, 5) is 41.4. The molecule has 0 saturated carbocycles. The summed E-state index contributed by atoms with van der Waals surface area (Å²) in [7, 11) is 2.04. The smallest absolute Gasteiger partial charge is 0.261 e. The van der Waals surface area contributed by atoms with E-state index in [1.54, 1.807) is 0 Å². The fourth-order valence-corrected chi connectivity index (χ4v) is 3.36. The fraction of sp³-hybridized carbons (Fsp3) is 0.381. The summed E-state index contributed by atoms with van der Waals surface area (Å²) in [5.41, 5.74) is 1.96. The van der Waals surface area contributed by atoms with E-state index in [-0.39, 0.29) is 11.3 Å². The molecule has 6 heteroatoms. The number of hydrogen-bond acceptors (Lipinski definition) is 4. The van der Waals surface area contributed by atoms with Crippen LogP contribution in [0.25, 0.3) is 0 Å². The Morgan fingerprint density at radius 1 is 1.19 bits per heavy atom. The maximum absolute atomic E-state index is 12.3. The third-order valence-electron chi connectivity index (χ3n) is 4.80. The van der Waals surface area contributed by atoms with Crippen molar-refractivity contribution in [3.8, 4) is 0 Å². The molecule has 1 amide bonds. The van der Waals surface area contributed by atoms with Crippen LogP contribution in [0, 0.1) is 0 Å². The zero-order valence-corrected chi connectivity index (χ0v) is 15.6. The van der Waals surface area contributed by atoms with Crippen LogP contribution in [0.3, 0.4) is 0 Å². The van der Waals surface area contributed by atoms with Crippen LogP contribution in [-0.4, -0.2) is 41.7 Å². The number of nitrogens with one attached hydrogen (secondary N) is 2. The minimum absolute atomic E-state index is 0.0101.